The highest BCUT2D eigenvalue weighted by molar-refractivity contribution is 5.06. The second-order valence-corrected chi connectivity index (χ2v) is 8.57. The van der Waals surface area contributed by atoms with Crippen LogP contribution in [0.25, 0.3) is 0 Å². The van der Waals surface area contributed by atoms with E-state index in [4.69, 9.17) is 0 Å². The molecule has 2 aromatic rings. The van der Waals surface area contributed by atoms with E-state index in [2.05, 4.69) is 62.9 Å². The largest absolute Gasteiger partial charge is 0.313 e. The number of rotatable bonds is 5. The van der Waals surface area contributed by atoms with Crippen LogP contribution in [0.15, 0.2) is 24.4 Å². The van der Waals surface area contributed by atoms with Gasteiger partial charge in [0.2, 0.25) is 0 Å². The summed E-state index contributed by atoms with van der Waals surface area (Å²) in [6.45, 7) is 11.0. The summed E-state index contributed by atoms with van der Waals surface area (Å²) >= 11 is 0. The predicted octanol–water partition coefficient (Wildman–Crippen LogP) is 2.61. The lowest BCUT2D eigenvalue weighted by Crippen LogP contribution is -2.52. The SMILES string of the molecule is CC(C)c1nnc2n1CC(NC1CCN(Cc3ccccn3)CC1C)CC2. The zero-order valence-corrected chi connectivity index (χ0v) is 16.8. The summed E-state index contributed by atoms with van der Waals surface area (Å²) in [4.78, 5) is 7.02. The van der Waals surface area contributed by atoms with Crippen molar-refractivity contribution in [3.63, 3.8) is 0 Å². The number of piperidine rings is 1. The Kier molecular flexibility index (Phi) is 5.55. The molecule has 3 atom stereocenters. The fourth-order valence-corrected chi connectivity index (χ4v) is 4.56. The standard InChI is InChI=1S/C21H32N6/c1-15(2)21-25-24-20-8-7-18(14-27(20)21)23-19-9-11-26(12-16(19)3)13-17-6-4-5-10-22-17/h4-6,10,15-16,18-19,23H,7-9,11-14H2,1-3H3. The molecular weight excluding hydrogens is 336 g/mol. The molecular formula is C21H32N6. The summed E-state index contributed by atoms with van der Waals surface area (Å²) < 4.78 is 2.35. The molecule has 2 aromatic heterocycles. The number of fused-ring (bicyclic) bond motifs is 1. The Morgan fingerprint density at radius 2 is 2.07 bits per heavy atom. The molecule has 1 fully saturated rings. The normalized spacial score (nSPS) is 26.3. The first-order chi connectivity index (χ1) is 13.1. The van der Waals surface area contributed by atoms with E-state index in [-0.39, 0.29) is 0 Å². The molecule has 1 N–H and O–H groups in total. The van der Waals surface area contributed by atoms with Crippen LogP contribution >= 0.6 is 0 Å². The Hall–Kier alpha value is -1.79. The van der Waals surface area contributed by atoms with E-state index in [9.17, 15) is 0 Å². The molecule has 0 aromatic carbocycles. The van der Waals surface area contributed by atoms with Crippen LogP contribution in [0.1, 0.15) is 56.9 Å². The van der Waals surface area contributed by atoms with Crippen molar-refractivity contribution in [3.05, 3.63) is 41.7 Å². The Morgan fingerprint density at radius 1 is 1.19 bits per heavy atom. The van der Waals surface area contributed by atoms with E-state index >= 15 is 0 Å². The molecule has 1 saturated heterocycles. The smallest absolute Gasteiger partial charge is 0.135 e. The van der Waals surface area contributed by atoms with E-state index in [0.29, 0.717) is 23.9 Å². The minimum atomic E-state index is 0.429. The highest BCUT2D eigenvalue weighted by atomic mass is 15.3. The molecule has 4 rings (SSSR count). The highest BCUT2D eigenvalue weighted by Gasteiger charge is 2.30. The van der Waals surface area contributed by atoms with Gasteiger partial charge in [-0.1, -0.05) is 26.8 Å². The first kappa shape index (κ1) is 18.6. The Morgan fingerprint density at radius 3 is 2.81 bits per heavy atom. The molecule has 146 valence electrons. The molecule has 0 saturated carbocycles. The number of pyridine rings is 1. The number of aromatic nitrogens is 4. The van der Waals surface area contributed by atoms with E-state index in [1.165, 1.54) is 12.1 Å². The van der Waals surface area contributed by atoms with Gasteiger partial charge in [0.25, 0.3) is 0 Å². The zero-order valence-electron chi connectivity index (χ0n) is 16.8. The second-order valence-electron chi connectivity index (χ2n) is 8.57. The second kappa shape index (κ2) is 8.07. The molecule has 6 nitrogen and oxygen atoms in total. The zero-order chi connectivity index (χ0) is 18.8. The quantitative estimate of drug-likeness (QED) is 0.879. The van der Waals surface area contributed by atoms with Gasteiger partial charge in [-0.15, -0.1) is 10.2 Å². The topological polar surface area (TPSA) is 58.9 Å². The van der Waals surface area contributed by atoms with Crippen molar-refractivity contribution < 1.29 is 0 Å². The van der Waals surface area contributed by atoms with E-state index in [1.54, 1.807) is 0 Å². The van der Waals surface area contributed by atoms with Crippen molar-refractivity contribution in [2.45, 2.75) is 71.1 Å². The molecule has 0 radical (unpaired) electrons. The van der Waals surface area contributed by atoms with Gasteiger partial charge in [0.1, 0.15) is 11.6 Å². The number of aryl methyl sites for hydroxylation is 1. The molecule has 0 spiro atoms. The molecule has 27 heavy (non-hydrogen) atoms. The van der Waals surface area contributed by atoms with E-state index < -0.39 is 0 Å². The third-order valence-corrected chi connectivity index (χ3v) is 6.04. The fraction of sp³-hybridized carbons (Fsp3) is 0.667. The predicted molar refractivity (Wildman–Crippen MR) is 106 cm³/mol. The van der Waals surface area contributed by atoms with Crippen LogP contribution in [-0.4, -0.2) is 49.8 Å². The first-order valence-corrected chi connectivity index (χ1v) is 10.4. The molecule has 0 amide bonds. The van der Waals surface area contributed by atoms with Crippen molar-refractivity contribution in [1.29, 1.82) is 0 Å². The third-order valence-electron chi connectivity index (χ3n) is 6.04. The molecule has 4 heterocycles. The number of nitrogens with zero attached hydrogens (tertiary/aromatic N) is 5. The van der Waals surface area contributed by atoms with Gasteiger partial charge in [0, 0.05) is 56.8 Å². The van der Waals surface area contributed by atoms with Crippen molar-refractivity contribution in [2.75, 3.05) is 13.1 Å². The van der Waals surface area contributed by atoms with Gasteiger partial charge in [0.05, 0.1) is 5.69 Å². The number of hydrogen-bond donors (Lipinski definition) is 1. The lowest BCUT2D eigenvalue weighted by atomic mass is 9.92. The lowest BCUT2D eigenvalue weighted by Gasteiger charge is -2.40. The summed E-state index contributed by atoms with van der Waals surface area (Å²) in [5, 5.41) is 12.8. The summed E-state index contributed by atoms with van der Waals surface area (Å²) in [6, 6.07) is 7.31. The monoisotopic (exact) mass is 368 g/mol. The van der Waals surface area contributed by atoms with Crippen LogP contribution in [0.5, 0.6) is 0 Å². The van der Waals surface area contributed by atoms with Gasteiger partial charge >= 0.3 is 0 Å². The minimum absolute atomic E-state index is 0.429. The molecule has 3 unspecified atom stereocenters. The highest BCUT2D eigenvalue weighted by Crippen LogP contribution is 2.23. The maximum atomic E-state index is 4.48. The van der Waals surface area contributed by atoms with Crippen LogP contribution < -0.4 is 5.32 Å². The maximum absolute atomic E-state index is 4.48. The summed E-state index contributed by atoms with van der Waals surface area (Å²) in [5.74, 6) is 3.37. The number of nitrogens with one attached hydrogen (secondary N) is 1. The van der Waals surface area contributed by atoms with Crippen LogP contribution in [-0.2, 0) is 19.5 Å². The molecule has 0 aliphatic carbocycles. The Bertz CT molecular complexity index is 740. The maximum Gasteiger partial charge on any atom is 0.135 e. The van der Waals surface area contributed by atoms with Crippen LogP contribution in [0.2, 0.25) is 0 Å². The first-order valence-electron chi connectivity index (χ1n) is 10.4. The molecule has 6 heteroatoms. The van der Waals surface area contributed by atoms with Gasteiger partial charge < -0.3 is 9.88 Å². The lowest BCUT2D eigenvalue weighted by molar-refractivity contribution is 0.128. The van der Waals surface area contributed by atoms with Crippen LogP contribution in [0.4, 0.5) is 0 Å². The average molecular weight is 369 g/mol. The number of hydrogen-bond acceptors (Lipinski definition) is 5. The van der Waals surface area contributed by atoms with E-state index in [1.807, 2.05) is 12.3 Å². The average Bonchev–Trinajstić information content (AvgIpc) is 3.08. The van der Waals surface area contributed by atoms with Gasteiger partial charge in [-0.05, 0) is 30.9 Å². The van der Waals surface area contributed by atoms with Gasteiger partial charge in [-0.25, -0.2) is 0 Å². The third kappa shape index (κ3) is 4.22. The van der Waals surface area contributed by atoms with Crippen molar-refractivity contribution in [3.8, 4) is 0 Å². The van der Waals surface area contributed by atoms with Crippen molar-refractivity contribution >= 4 is 0 Å². The minimum Gasteiger partial charge on any atom is -0.313 e. The summed E-state index contributed by atoms with van der Waals surface area (Å²) in [7, 11) is 0. The number of likely N-dealkylation sites (tertiary alicyclic amines) is 1. The molecule has 2 aliphatic rings. The van der Waals surface area contributed by atoms with Gasteiger partial charge in [-0.3, -0.25) is 9.88 Å². The van der Waals surface area contributed by atoms with Crippen molar-refractivity contribution in [2.24, 2.45) is 5.92 Å². The van der Waals surface area contributed by atoms with Crippen LogP contribution in [0.3, 0.4) is 0 Å². The summed E-state index contributed by atoms with van der Waals surface area (Å²) in [5.41, 5.74) is 1.17. The van der Waals surface area contributed by atoms with Gasteiger partial charge in [0.15, 0.2) is 0 Å². The molecule has 0 bridgehead atoms. The van der Waals surface area contributed by atoms with Gasteiger partial charge in [-0.2, -0.15) is 0 Å². The molecule has 2 aliphatic heterocycles. The fourth-order valence-electron chi connectivity index (χ4n) is 4.56. The van der Waals surface area contributed by atoms with Crippen molar-refractivity contribution in [1.82, 2.24) is 30.0 Å². The summed E-state index contributed by atoms with van der Waals surface area (Å²) in [6.07, 6.45) is 5.29. The van der Waals surface area contributed by atoms with Crippen LogP contribution in [0, 0.1) is 5.92 Å². The Balaban J connectivity index is 1.32. The Labute approximate surface area is 162 Å². The van der Waals surface area contributed by atoms with E-state index in [0.717, 1.165) is 50.7 Å².